The zero-order chi connectivity index (χ0) is 23.8. The van der Waals surface area contributed by atoms with Gasteiger partial charge in [0.05, 0.1) is 6.54 Å². The molecule has 1 aliphatic rings. The Balaban J connectivity index is 1.36. The van der Waals surface area contributed by atoms with Gasteiger partial charge >= 0.3 is 0 Å². The summed E-state index contributed by atoms with van der Waals surface area (Å²) in [4.78, 5) is 21.8. The van der Waals surface area contributed by atoms with Gasteiger partial charge in [-0.2, -0.15) is 4.98 Å². The number of amides is 1. The van der Waals surface area contributed by atoms with Crippen LogP contribution >= 0.6 is 0 Å². The van der Waals surface area contributed by atoms with Crippen LogP contribution in [-0.4, -0.2) is 58.6 Å². The number of benzene rings is 2. The van der Waals surface area contributed by atoms with Gasteiger partial charge in [-0.3, -0.25) is 9.69 Å². The van der Waals surface area contributed by atoms with Crippen molar-refractivity contribution in [3.05, 3.63) is 71.6 Å². The van der Waals surface area contributed by atoms with Crippen molar-refractivity contribution in [1.29, 1.82) is 0 Å². The molecule has 1 fully saturated rings. The normalized spacial score (nSPS) is 14.4. The van der Waals surface area contributed by atoms with Crippen LogP contribution < -0.4 is 5.32 Å². The second-order valence-electron chi connectivity index (χ2n) is 9.39. The van der Waals surface area contributed by atoms with Gasteiger partial charge in [-0.15, -0.1) is 0 Å². The van der Waals surface area contributed by atoms with E-state index in [2.05, 4.69) is 58.5 Å². The van der Waals surface area contributed by atoms with Crippen molar-refractivity contribution >= 4 is 5.91 Å². The molecule has 0 spiro atoms. The predicted molar refractivity (Wildman–Crippen MR) is 133 cm³/mol. The van der Waals surface area contributed by atoms with Crippen LogP contribution in [0.25, 0.3) is 11.4 Å². The maximum atomic E-state index is 13.0. The lowest BCUT2D eigenvalue weighted by molar-refractivity contribution is -0.132. The smallest absolute Gasteiger partial charge is 0.246 e. The number of aryl methyl sites for hydroxylation is 1. The average Bonchev–Trinajstić information content (AvgIpc) is 3.32. The molecule has 0 radical (unpaired) electrons. The molecule has 180 valence electrons. The molecule has 1 N–H and O–H groups in total. The fraction of sp³-hybridized carbons (Fsp3) is 0.444. The number of hydrogen-bond acceptors (Lipinski definition) is 6. The van der Waals surface area contributed by atoms with E-state index < -0.39 is 0 Å². The molecular formula is C27H35N5O2. The van der Waals surface area contributed by atoms with E-state index in [0.29, 0.717) is 37.1 Å². The Hall–Kier alpha value is -3.03. The zero-order valence-electron chi connectivity index (χ0n) is 20.2. The summed E-state index contributed by atoms with van der Waals surface area (Å²) in [5.41, 5.74) is 3.37. The minimum atomic E-state index is 0.106. The molecule has 3 aromatic rings. The third-order valence-electron chi connectivity index (χ3n) is 6.03. The first-order valence-corrected chi connectivity index (χ1v) is 12.2. The Kier molecular flexibility index (Phi) is 8.44. The summed E-state index contributed by atoms with van der Waals surface area (Å²) >= 11 is 0. The molecule has 2 heterocycles. The average molecular weight is 462 g/mol. The van der Waals surface area contributed by atoms with Crippen LogP contribution in [-0.2, 0) is 24.3 Å². The first kappa shape index (κ1) is 24.1. The van der Waals surface area contributed by atoms with E-state index in [1.54, 1.807) is 0 Å². The topological polar surface area (TPSA) is 74.5 Å². The summed E-state index contributed by atoms with van der Waals surface area (Å²) in [6.07, 6.45) is 1.19. The van der Waals surface area contributed by atoms with Gasteiger partial charge in [-0.1, -0.05) is 73.6 Å². The fourth-order valence-electron chi connectivity index (χ4n) is 4.24. The Bertz CT molecular complexity index is 1030. The molecule has 0 atom stereocenters. The molecule has 0 unspecified atom stereocenters. The maximum Gasteiger partial charge on any atom is 0.246 e. The van der Waals surface area contributed by atoms with Gasteiger partial charge in [-0.05, 0) is 23.5 Å². The molecule has 1 aromatic heterocycles. The molecule has 0 saturated carbocycles. The number of carbonyl (C=O) groups is 1. The maximum absolute atomic E-state index is 13.0. The van der Waals surface area contributed by atoms with E-state index in [4.69, 9.17) is 4.52 Å². The molecular weight excluding hydrogens is 426 g/mol. The lowest BCUT2D eigenvalue weighted by atomic mass is 10.1. The first-order valence-electron chi connectivity index (χ1n) is 12.2. The monoisotopic (exact) mass is 461 g/mol. The first-order chi connectivity index (χ1) is 16.6. The summed E-state index contributed by atoms with van der Waals surface area (Å²) in [5.74, 6) is 1.49. The molecule has 34 heavy (non-hydrogen) atoms. The third kappa shape index (κ3) is 6.98. The minimum Gasteiger partial charge on any atom is -0.337 e. The highest BCUT2D eigenvalue weighted by Gasteiger charge is 2.19. The number of rotatable bonds is 10. The Morgan fingerprint density at radius 2 is 1.79 bits per heavy atom. The third-order valence-corrected chi connectivity index (χ3v) is 6.03. The number of nitrogens with zero attached hydrogens (tertiary/aromatic N) is 4. The second-order valence-corrected chi connectivity index (χ2v) is 9.39. The van der Waals surface area contributed by atoms with Crippen LogP contribution in [0.15, 0.2) is 59.1 Å². The minimum absolute atomic E-state index is 0.106. The van der Waals surface area contributed by atoms with Gasteiger partial charge < -0.3 is 14.7 Å². The Morgan fingerprint density at radius 3 is 2.50 bits per heavy atom. The van der Waals surface area contributed by atoms with Gasteiger partial charge in [0.2, 0.25) is 17.6 Å². The van der Waals surface area contributed by atoms with Crippen LogP contribution in [0.5, 0.6) is 0 Å². The lowest BCUT2D eigenvalue weighted by Gasteiger charge is -2.27. The van der Waals surface area contributed by atoms with Crippen LogP contribution in [0, 0.1) is 5.92 Å². The molecule has 1 amide bonds. The fourth-order valence-corrected chi connectivity index (χ4v) is 4.24. The molecule has 1 saturated heterocycles. The highest BCUT2D eigenvalue weighted by molar-refractivity contribution is 5.76. The largest absolute Gasteiger partial charge is 0.337 e. The molecule has 2 aromatic carbocycles. The predicted octanol–water partition coefficient (Wildman–Crippen LogP) is 3.76. The number of piperazine rings is 1. The van der Waals surface area contributed by atoms with E-state index in [9.17, 15) is 4.79 Å². The van der Waals surface area contributed by atoms with E-state index in [-0.39, 0.29) is 5.91 Å². The summed E-state index contributed by atoms with van der Waals surface area (Å²) < 4.78 is 5.53. The number of aromatic nitrogens is 2. The van der Waals surface area contributed by atoms with Crippen molar-refractivity contribution in [2.45, 2.75) is 39.8 Å². The van der Waals surface area contributed by atoms with E-state index in [1.807, 2.05) is 35.2 Å². The molecule has 0 bridgehead atoms. The van der Waals surface area contributed by atoms with Crippen molar-refractivity contribution in [1.82, 2.24) is 25.3 Å². The van der Waals surface area contributed by atoms with E-state index >= 15 is 0 Å². The summed E-state index contributed by atoms with van der Waals surface area (Å²) in [7, 11) is 0. The van der Waals surface area contributed by atoms with Crippen molar-refractivity contribution in [3.63, 3.8) is 0 Å². The highest BCUT2D eigenvalue weighted by atomic mass is 16.5. The standard InChI is InChI=1S/C27H35N5O2/c1-21(2)18-32(26(33)13-10-22-6-4-3-5-7-22)20-25-29-27(30-34-25)24-11-8-23(9-12-24)19-31-16-14-28-15-17-31/h3-9,11-12,21,28H,10,13-20H2,1-2H3. The van der Waals surface area contributed by atoms with E-state index in [1.165, 1.54) is 11.1 Å². The van der Waals surface area contributed by atoms with Gasteiger partial charge in [0.25, 0.3) is 0 Å². The highest BCUT2D eigenvalue weighted by Crippen LogP contribution is 2.19. The van der Waals surface area contributed by atoms with Gasteiger partial charge in [0, 0.05) is 51.3 Å². The van der Waals surface area contributed by atoms with Crippen molar-refractivity contribution < 1.29 is 9.32 Å². The number of carbonyl (C=O) groups excluding carboxylic acids is 1. The van der Waals surface area contributed by atoms with Crippen molar-refractivity contribution in [2.24, 2.45) is 5.92 Å². The van der Waals surface area contributed by atoms with Crippen LogP contribution in [0.4, 0.5) is 0 Å². The van der Waals surface area contributed by atoms with Crippen molar-refractivity contribution in [3.8, 4) is 11.4 Å². The summed E-state index contributed by atoms with van der Waals surface area (Å²) in [5, 5.41) is 7.56. The quantitative estimate of drug-likeness (QED) is 0.496. The SMILES string of the molecule is CC(C)CN(Cc1nc(-c2ccc(CN3CCNCC3)cc2)no1)C(=O)CCc1ccccc1. The van der Waals surface area contributed by atoms with Gasteiger partial charge in [0.15, 0.2) is 0 Å². The molecule has 7 heteroatoms. The Morgan fingerprint density at radius 1 is 1.06 bits per heavy atom. The van der Waals surface area contributed by atoms with E-state index in [0.717, 1.165) is 44.7 Å². The zero-order valence-corrected chi connectivity index (χ0v) is 20.2. The van der Waals surface area contributed by atoms with Crippen LogP contribution in [0.1, 0.15) is 37.3 Å². The second kappa shape index (κ2) is 11.9. The number of nitrogens with one attached hydrogen (secondary N) is 1. The molecule has 0 aliphatic carbocycles. The lowest BCUT2D eigenvalue weighted by Crippen LogP contribution is -2.42. The van der Waals surface area contributed by atoms with Crippen LogP contribution in [0.3, 0.4) is 0 Å². The Labute approximate surface area is 202 Å². The molecule has 7 nitrogen and oxygen atoms in total. The number of hydrogen-bond donors (Lipinski definition) is 1. The molecule has 4 rings (SSSR count). The van der Waals surface area contributed by atoms with Crippen molar-refractivity contribution in [2.75, 3.05) is 32.7 Å². The van der Waals surface area contributed by atoms with Crippen LogP contribution in [0.2, 0.25) is 0 Å². The summed E-state index contributed by atoms with van der Waals surface area (Å²) in [6, 6.07) is 18.5. The van der Waals surface area contributed by atoms with Gasteiger partial charge in [-0.25, -0.2) is 0 Å². The summed E-state index contributed by atoms with van der Waals surface area (Å²) in [6.45, 7) is 10.4. The van der Waals surface area contributed by atoms with Gasteiger partial charge in [0.1, 0.15) is 0 Å². The molecule has 1 aliphatic heterocycles.